The van der Waals surface area contributed by atoms with E-state index in [0.29, 0.717) is 0 Å². The average molecular weight is 584 g/mol. The summed E-state index contributed by atoms with van der Waals surface area (Å²) in [6, 6.07) is 0. The minimum Gasteiger partial charge on any atom is -0.726 e. The van der Waals surface area contributed by atoms with Gasteiger partial charge in [-0.15, -0.1) is 0 Å². The molecule has 0 aromatic rings. The Balaban J connectivity index is -0.000000980. The third-order valence-corrected chi connectivity index (χ3v) is 3.90. The van der Waals surface area contributed by atoms with Crippen LogP contribution < -0.4 is 118 Å². The van der Waals surface area contributed by atoms with Crippen molar-refractivity contribution in [1.29, 1.82) is 0 Å². The van der Waals surface area contributed by atoms with Crippen LogP contribution in [0.2, 0.25) is 0 Å². The van der Waals surface area contributed by atoms with E-state index >= 15 is 0 Å². The van der Waals surface area contributed by atoms with Gasteiger partial charge in [0.15, 0.2) is 6.10 Å². The van der Waals surface area contributed by atoms with E-state index in [1.807, 2.05) is 0 Å². The summed E-state index contributed by atoms with van der Waals surface area (Å²) in [7, 11) is -23.1. The molecule has 26 heteroatoms. The normalized spacial score (nSPS) is 17.5. The fraction of sp³-hybridized carbons (Fsp3) is 0.500. The molecule has 0 amide bonds. The van der Waals surface area contributed by atoms with Gasteiger partial charge < -0.3 is 31.3 Å². The Hall–Kier alpha value is 2.37. The van der Waals surface area contributed by atoms with Crippen LogP contribution in [0.25, 0.3) is 0 Å². The van der Waals surface area contributed by atoms with Crippen LogP contribution in [0.1, 0.15) is 0 Å². The molecule has 1 heterocycles. The van der Waals surface area contributed by atoms with Gasteiger partial charge in [-0.05, 0) is 0 Å². The van der Waals surface area contributed by atoms with Crippen molar-refractivity contribution in [2.45, 2.75) is 12.2 Å². The quantitative estimate of drug-likeness (QED) is 0.0996. The summed E-state index contributed by atoms with van der Waals surface area (Å²) >= 11 is 0. The number of hydrogen-bond acceptors (Lipinski definition) is 18. The monoisotopic (exact) mass is 584 g/mol. The summed E-state index contributed by atoms with van der Waals surface area (Å²) in [5.74, 6) is -5.77. The van der Waals surface area contributed by atoms with Crippen LogP contribution in [-0.2, 0) is 67.9 Å². The van der Waals surface area contributed by atoms with Crippen LogP contribution in [0.3, 0.4) is 0 Å². The summed E-state index contributed by atoms with van der Waals surface area (Å²) in [4.78, 5) is 11.5. The summed E-state index contributed by atoms with van der Waals surface area (Å²) in [6.07, 6.45) is -5.43. The summed E-state index contributed by atoms with van der Waals surface area (Å²) in [5.41, 5.74) is 0. The molecule has 2 atom stereocenters. The molecule has 0 fully saturated rings. The van der Waals surface area contributed by atoms with E-state index in [9.17, 15) is 56.7 Å². The zero-order chi connectivity index (χ0) is 22.1. The van der Waals surface area contributed by atoms with Gasteiger partial charge in [0.25, 0.3) is 26.6 Å². The molecule has 0 aromatic heterocycles. The number of carbonyl (C=O) groups excluding carboxylic acids is 1. The van der Waals surface area contributed by atoms with Crippen LogP contribution in [0.15, 0.2) is 11.5 Å². The third kappa shape index (κ3) is 16.9. The van der Waals surface area contributed by atoms with Gasteiger partial charge in [-0.1, -0.05) is 0 Å². The maximum atomic E-state index is 11.5. The van der Waals surface area contributed by atoms with Gasteiger partial charge in [-0.25, -0.2) is 38.5 Å². The molecule has 1 rings (SSSR count). The fourth-order valence-corrected chi connectivity index (χ4v) is 3.04. The van der Waals surface area contributed by atoms with Gasteiger partial charge in [0.1, 0.15) is 6.10 Å². The Bertz CT molecular complexity index is 1090. The molecule has 0 N–H and O–H groups in total. The van der Waals surface area contributed by atoms with Crippen LogP contribution in [-0.4, -0.2) is 76.7 Å². The second kappa shape index (κ2) is 15.6. The molecule has 0 saturated heterocycles. The van der Waals surface area contributed by atoms with Crippen molar-refractivity contribution in [2.75, 3.05) is 6.61 Å². The van der Waals surface area contributed by atoms with Crippen LogP contribution in [0.5, 0.6) is 0 Å². The summed E-state index contributed by atoms with van der Waals surface area (Å²) in [6.45, 7) is -1.76. The Kier molecular flexibility index (Phi) is 20.2. The molecular formula is C6H4Na4O18S4. The fourth-order valence-electron chi connectivity index (χ4n) is 1.54. The molecule has 0 radical (unpaired) electrons. The number of rotatable bonds is 10. The van der Waals surface area contributed by atoms with Gasteiger partial charge in [0.05, 0.1) is 6.61 Å². The van der Waals surface area contributed by atoms with E-state index in [4.69, 9.17) is 0 Å². The van der Waals surface area contributed by atoms with Crippen molar-refractivity contribution in [3.05, 3.63) is 11.5 Å². The molecule has 1 aliphatic rings. The van der Waals surface area contributed by atoms with E-state index in [2.05, 4.69) is 21.5 Å². The second-order valence-electron chi connectivity index (χ2n) is 4.24. The van der Waals surface area contributed by atoms with E-state index in [-0.39, 0.29) is 118 Å². The smallest absolute Gasteiger partial charge is 0.726 e. The molecular weight excluding hydrogens is 580 g/mol. The molecule has 0 aromatic carbocycles. The molecule has 0 unspecified atom stereocenters. The maximum Gasteiger partial charge on any atom is 1.00 e. The molecule has 32 heavy (non-hydrogen) atoms. The van der Waals surface area contributed by atoms with Gasteiger partial charge in [-0.2, -0.15) is 0 Å². The number of ether oxygens (including phenoxy) is 1. The standard InChI is InChI=1S/C6H8O18S4.4Na/c7-6-5(24-28(17,18)19)4(23-27(14,15)16)3(21-6)2(22-26(11,12)13)1-20-25(8,9)10;;;;/h2-3H,1H2,(H,8,9,10)(H,11,12,13)(H,14,15,16)(H,17,18,19);;;;/q;4*+1/p-4/t2-,3+;;;;/m0..../s1. The zero-order valence-corrected chi connectivity index (χ0v) is 27.6. The van der Waals surface area contributed by atoms with Crippen molar-refractivity contribution in [2.24, 2.45) is 0 Å². The Labute approximate surface area is 270 Å². The molecule has 0 bridgehead atoms. The van der Waals surface area contributed by atoms with Gasteiger partial charge in [0.2, 0.25) is 26.6 Å². The summed E-state index contributed by atoms with van der Waals surface area (Å²) in [5, 5.41) is 0. The van der Waals surface area contributed by atoms with Gasteiger partial charge >= 0.3 is 124 Å². The first-order valence-corrected chi connectivity index (χ1v) is 11.1. The SMILES string of the molecule is O=C1O[C@H]([C@H](COS(=O)(=O)[O-])OS(=O)(=O)[O-])C(OS(=O)(=O)[O-])=C1OS(=O)(=O)[O-].[Na+].[Na+].[Na+].[Na+]. The first kappa shape index (κ1) is 41.5. The van der Waals surface area contributed by atoms with Crippen molar-refractivity contribution in [3.63, 3.8) is 0 Å². The predicted molar refractivity (Wildman–Crippen MR) is 68.7 cm³/mol. The first-order valence-electron chi connectivity index (χ1n) is 5.77. The van der Waals surface area contributed by atoms with Crippen molar-refractivity contribution in [3.8, 4) is 0 Å². The number of cyclic esters (lactones) is 1. The molecule has 0 aliphatic carbocycles. The van der Waals surface area contributed by atoms with E-state index < -0.39 is 77.9 Å². The van der Waals surface area contributed by atoms with Crippen molar-refractivity contribution < 1.29 is 196 Å². The molecule has 0 saturated carbocycles. The largest absolute Gasteiger partial charge is 1.00 e. The van der Waals surface area contributed by atoms with Crippen molar-refractivity contribution in [1.82, 2.24) is 0 Å². The van der Waals surface area contributed by atoms with Crippen LogP contribution >= 0.6 is 0 Å². The minimum atomic E-state index is -5.89. The van der Waals surface area contributed by atoms with Crippen LogP contribution in [0, 0.1) is 0 Å². The van der Waals surface area contributed by atoms with E-state index in [0.717, 1.165) is 0 Å². The molecule has 164 valence electrons. The van der Waals surface area contributed by atoms with E-state index in [1.54, 1.807) is 0 Å². The third-order valence-electron chi connectivity index (χ3n) is 2.23. The second-order valence-corrected chi connectivity index (χ2v) is 8.27. The molecule has 0 spiro atoms. The molecule has 18 nitrogen and oxygen atoms in total. The van der Waals surface area contributed by atoms with E-state index in [1.165, 1.54) is 0 Å². The predicted octanol–water partition coefficient (Wildman–Crippen LogP) is -16.6. The first-order chi connectivity index (χ1) is 12.3. The minimum absolute atomic E-state index is 0. The van der Waals surface area contributed by atoms with Gasteiger partial charge in [0, 0.05) is 0 Å². The summed E-state index contributed by atoms with van der Waals surface area (Å²) < 4.78 is 146. The van der Waals surface area contributed by atoms with Crippen molar-refractivity contribution >= 4 is 47.6 Å². The zero-order valence-electron chi connectivity index (χ0n) is 16.3. The number of carbonyl (C=O) groups is 1. The Morgan fingerprint density at radius 1 is 0.750 bits per heavy atom. The Morgan fingerprint density at radius 2 is 1.19 bits per heavy atom. The van der Waals surface area contributed by atoms with Gasteiger partial charge in [-0.3, -0.25) is 8.37 Å². The Morgan fingerprint density at radius 3 is 1.53 bits per heavy atom. The number of hydrogen-bond donors (Lipinski definition) is 0. The topological polar surface area (TPSA) is 292 Å². The number of esters is 1. The van der Waals surface area contributed by atoms with Crippen LogP contribution in [0.4, 0.5) is 0 Å². The molecule has 1 aliphatic heterocycles. The maximum absolute atomic E-state index is 11.5. The average Bonchev–Trinajstić information content (AvgIpc) is 2.66.